The number of amides is 5. The highest BCUT2D eigenvalue weighted by molar-refractivity contribution is 6.10. The average Bonchev–Trinajstić information content (AvgIpc) is 3.31. The summed E-state index contributed by atoms with van der Waals surface area (Å²) in [5.74, 6) is -0.297. The van der Waals surface area contributed by atoms with E-state index in [-0.39, 0.29) is 5.91 Å². The fourth-order valence-electron chi connectivity index (χ4n) is 3.95. The molecule has 0 saturated carbocycles. The fraction of sp³-hybridized carbons (Fsp3) is 0.304. The highest BCUT2D eigenvalue weighted by Crippen LogP contribution is 2.30. The lowest BCUT2D eigenvalue weighted by Crippen LogP contribution is -2.42. The zero-order valence-electron chi connectivity index (χ0n) is 17.9. The minimum Gasteiger partial charge on any atom is -0.497 e. The Balaban J connectivity index is 1.41. The van der Waals surface area contributed by atoms with Crippen molar-refractivity contribution in [3.8, 4) is 5.75 Å². The molecule has 2 saturated heterocycles. The van der Waals surface area contributed by atoms with E-state index in [9.17, 15) is 19.2 Å². The third-order valence-electron chi connectivity index (χ3n) is 5.78. The Morgan fingerprint density at radius 2 is 1.78 bits per heavy atom. The van der Waals surface area contributed by atoms with E-state index in [1.54, 1.807) is 67.5 Å². The summed E-state index contributed by atoms with van der Waals surface area (Å²) in [4.78, 5) is 52.4. The van der Waals surface area contributed by atoms with Gasteiger partial charge in [-0.15, -0.1) is 0 Å². The molecule has 5 amide bonds. The fourth-order valence-corrected chi connectivity index (χ4v) is 3.95. The van der Waals surface area contributed by atoms with E-state index in [1.807, 2.05) is 0 Å². The molecule has 1 unspecified atom stereocenters. The first-order valence-corrected chi connectivity index (χ1v) is 10.3. The third-order valence-corrected chi connectivity index (χ3v) is 5.78. The number of rotatable bonds is 6. The van der Waals surface area contributed by atoms with E-state index in [4.69, 9.17) is 4.74 Å². The molecule has 0 spiro atoms. The van der Waals surface area contributed by atoms with Crippen LogP contribution in [0.1, 0.15) is 25.3 Å². The molecular weight excluding hydrogens is 412 g/mol. The van der Waals surface area contributed by atoms with E-state index in [1.165, 1.54) is 0 Å². The number of nitrogens with zero attached hydrogens (tertiary/aromatic N) is 2. The quantitative estimate of drug-likeness (QED) is 0.675. The van der Waals surface area contributed by atoms with Gasteiger partial charge in [-0.3, -0.25) is 19.3 Å². The number of nitrogens with one attached hydrogen (secondary N) is 2. The molecular formula is C23H24N4O5. The van der Waals surface area contributed by atoms with E-state index in [0.29, 0.717) is 30.0 Å². The molecule has 4 rings (SSSR count). The molecule has 2 aromatic carbocycles. The Bertz CT molecular complexity index is 1070. The van der Waals surface area contributed by atoms with Crippen molar-refractivity contribution in [3.63, 3.8) is 0 Å². The van der Waals surface area contributed by atoms with Gasteiger partial charge in [0.2, 0.25) is 11.8 Å². The molecule has 0 radical (unpaired) electrons. The van der Waals surface area contributed by atoms with E-state index < -0.39 is 29.9 Å². The maximum absolute atomic E-state index is 13.0. The molecule has 2 heterocycles. The normalized spacial score (nSPS) is 20.5. The number of imide groups is 1. The molecule has 32 heavy (non-hydrogen) atoms. The smallest absolute Gasteiger partial charge is 0.325 e. The minimum atomic E-state index is -1.27. The van der Waals surface area contributed by atoms with Crippen molar-refractivity contribution in [2.24, 2.45) is 0 Å². The van der Waals surface area contributed by atoms with Gasteiger partial charge in [-0.05, 0) is 55.3 Å². The number of carbonyl (C=O) groups is 4. The molecule has 0 aliphatic carbocycles. The van der Waals surface area contributed by atoms with Crippen LogP contribution in [-0.4, -0.2) is 48.9 Å². The maximum Gasteiger partial charge on any atom is 0.325 e. The molecule has 2 N–H and O–H groups in total. The zero-order chi connectivity index (χ0) is 22.9. The van der Waals surface area contributed by atoms with E-state index in [2.05, 4.69) is 10.6 Å². The van der Waals surface area contributed by atoms with Crippen molar-refractivity contribution in [2.75, 3.05) is 30.4 Å². The van der Waals surface area contributed by atoms with Crippen LogP contribution in [0.2, 0.25) is 0 Å². The molecule has 166 valence electrons. The second kappa shape index (κ2) is 8.33. The lowest BCUT2D eigenvalue weighted by atomic mass is 9.92. The van der Waals surface area contributed by atoms with Gasteiger partial charge in [0.15, 0.2) is 0 Å². The molecule has 9 nitrogen and oxygen atoms in total. The van der Waals surface area contributed by atoms with Crippen LogP contribution in [0.15, 0.2) is 48.5 Å². The Morgan fingerprint density at radius 1 is 1.09 bits per heavy atom. The Morgan fingerprint density at radius 3 is 2.38 bits per heavy atom. The third kappa shape index (κ3) is 3.89. The van der Waals surface area contributed by atoms with Gasteiger partial charge in [-0.1, -0.05) is 12.1 Å². The summed E-state index contributed by atoms with van der Waals surface area (Å²) < 4.78 is 5.13. The maximum atomic E-state index is 13.0. The minimum absolute atomic E-state index is 0.0836. The molecule has 2 aliphatic rings. The monoisotopic (exact) mass is 436 g/mol. The van der Waals surface area contributed by atoms with Crippen LogP contribution in [0.3, 0.4) is 0 Å². The van der Waals surface area contributed by atoms with Gasteiger partial charge in [0.05, 0.1) is 7.11 Å². The molecule has 2 fully saturated rings. The highest BCUT2D eigenvalue weighted by Gasteiger charge is 2.49. The van der Waals surface area contributed by atoms with Gasteiger partial charge in [0, 0.05) is 24.3 Å². The molecule has 0 bridgehead atoms. The highest BCUT2D eigenvalue weighted by atomic mass is 16.5. The second-order valence-electron chi connectivity index (χ2n) is 7.92. The van der Waals surface area contributed by atoms with Crippen molar-refractivity contribution in [2.45, 2.75) is 25.3 Å². The predicted octanol–water partition coefficient (Wildman–Crippen LogP) is 2.23. The van der Waals surface area contributed by atoms with Gasteiger partial charge in [-0.2, -0.15) is 0 Å². The van der Waals surface area contributed by atoms with Crippen LogP contribution in [0.25, 0.3) is 0 Å². The number of hydrogen-bond acceptors (Lipinski definition) is 5. The number of carbonyl (C=O) groups excluding carboxylic acids is 4. The first-order valence-electron chi connectivity index (χ1n) is 10.3. The van der Waals surface area contributed by atoms with Gasteiger partial charge in [-0.25, -0.2) is 4.79 Å². The van der Waals surface area contributed by atoms with Crippen LogP contribution < -0.4 is 20.3 Å². The summed E-state index contributed by atoms with van der Waals surface area (Å²) in [6.45, 7) is 1.87. The van der Waals surface area contributed by atoms with Crippen LogP contribution >= 0.6 is 0 Å². The SMILES string of the molecule is COc1ccc(C2(C)NC(=O)N(CC(=O)Nc3ccc(N4CCCC4=O)cc3)C2=O)cc1. The number of anilines is 2. The summed E-state index contributed by atoms with van der Waals surface area (Å²) >= 11 is 0. The second-order valence-corrected chi connectivity index (χ2v) is 7.92. The number of ether oxygens (including phenoxy) is 1. The molecule has 0 aromatic heterocycles. The average molecular weight is 436 g/mol. The first-order chi connectivity index (χ1) is 15.3. The molecule has 1 atom stereocenters. The van der Waals surface area contributed by atoms with E-state index >= 15 is 0 Å². The summed E-state index contributed by atoms with van der Waals surface area (Å²) in [7, 11) is 1.54. The van der Waals surface area contributed by atoms with Crippen molar-refractivity contribution in [1.82, 2.24) is 10.2 Å². The number of hydrogen-bond donors (Lipinski definition) is 2. The Labute approximate surface area is 185 Å². The lowest BCUT2D eigenvalue weighted by molar-refractivity contribution is -0.133. The summed E-state index contributed by atoms with van der Waals surface area (Å²) in [5, 5.41) is 5.36. The standard InChI is InChI=1S/C23H24N4O5/c1-23(15-5-11-18(32-2)12-6-15)21(30)27(22(31)25-23)14-19(28)24-16-7-9-17(10-8-16)26-13-3-4-20(26)29/h5-12H,3-4,13-14H2,1-2H3,(H,24,28)(H,25,31). The number of urea groups is 1. The number of methoxy groups -OCH3 is 1. The van der Waals surface area contributed by atoms with Crippen LogP contribution in [0, 0.1) is 0 Å². The number of benzene rings is 2. The molecule has 9 heteroatoms. The summed E-state index contributed by atoms with van der Waals surface area (Å²) in [5.41, 5.74) is 0.602. The van der Waals surface area contributed by atoms with Gasteiger partial charge < -0.3 is 20.3 Å². The first kappa shape index (κ1) is 21.4. The molecule has 2 aliphatic heterocycles. The predicted molar refractivity (Wildman–Crippen MR) is 117 cm³/mol. The van der Waals surface area contributed by atoms with Crippen molar-refractivity contribution >= 4 is 35.1 Å². The van der Waals surface area contributed by atoms with Gasteiger partial charge in [0.25, 0.3) is 5.91 Å². The Kier molecular flexibility index (Phi) is 5.56. The van der Waals surface area contributed by atoms with Crippen LogP contribution in [0.4, 0.5) is 16.2 Å². The van der Waals surface area contributed by atoms with Crippen molar-refractivity contribution < 1.29 is 23.9 Å². The summed E-state index contributed by atoms with van der Waals surface area (Å²) in [6.07, 6.45) is 1.37. The topological polar surface area (TPSA) is 108 Å². The zero-order valence-corrected chi connectivity index (χ0v) is 17.9. The Hall–Kier alpha value is -3.88. The van der Waals surface area contributed by atoms with Crippen molar-refractivity contribution in [1.29, 1.82) is 0 Å². The van der Waals surface area contributed by atoms with E-state index in [0.717, 1.165) is 17.0 Å². The van der Waals surface area contributed by atoms with Crippen molar-refractivity contribution in [3.05, 3.63) is 54.1 Å². The lowest BCUT2D eigenvalue weighted by Gasteiger charge is -2.22. The van der Waals surface area contributed by atoms with Crippen LogP contribution in [0.5, 0.6) is 5.75 Å². The largest absolute Gasteiger partial charge is 0.497 e. The molecule has 2 aromatic rings. The summed E-state index contributed by atoms with van der Waals surface area (Å²) in [6, 6.07) is 13.1. The van der Waals surface area contributed by atoms with Crippen LogP contribution in [-0.2, 0) is 19.9 Å². The van der Waals surface area contributed by atoms with Gasteiger partial charge >= 0.3 is 6.03 Å². The van der Waals surface area contributed by atoms with Gasteiger partial charge in [0.1, 0.15) is 17.8 Å².